The minimum absolute atomic E-state index is 0.0572. The molecule has 1 fully saturated rings. The zero-order chi connectivity index (χ0) is 15.0. The van der Waals surface area contributed by atoms with Crippen LogP contribution in [0.3, 0.4) is 0 Å². The lowest BCUT2D eigenvalue weighted by molar-refractivity contribution is -0.149. The maximum atomic E-state index is 12.1. The Morgan fingerprint density at radius 3 is 2.26 bits per heavy atom. The molecule has 1 saturated heterocycles. The molecule has 0 aromatic heterocycles. The molecule has 1 heterocycles. The van der Waals surface area contributed by atoms with Crippen molar-refractivity contribution >= 4 is 12.1 Å². The predicted octanol–water partition coefficient (Wildman–Crippen LogP) is 1.17. The second-order valence-electron chi connectivity index (χ2n) is 6.40. The summed E-state index contributed by atoms with van der Waals surface area (Å²) < 4.78 is 9.99. The number of methoxy groups -OCH3 is 1. The fourth-order valence-electron chi connectivity index (χ4n) is 2.15. The minimum atomic E-state index is -0.845. The van der Waals surface area contributed by atoms with Gasteiger partial charge in [0.1, 0.15) is 11.6 Å². The molecule has 0 radical (unpaired) electrons. The highest BCUT2D eigenvalue weighted by Gasteiger charge is 2.54. The van der Waals surface area contributed by atoms with Crippen LogP contribution in [0.15, 0.2) is 0 Å². The van der Waals surface area contributed by atoms with E-state index in [4.69, 9.17) is 9.47 Å². The van der Waals surface area contributed by atoms with Crippen LogP contribution in [0.2, 0.25) is 0 Å². The van der Waals surface area contributed by atoms with Gasteiger partial charge in [-0.2, -0.15) is 0 Å². The van der Waals surface area contributed by atoms with Crippen LogP contribution in [0.1, 0.15) is 34.6 Å². The van der Waals surface area contributed by atoms with E-state index in [1.807, 2.05) is 0 Å². The first-order valence-electron chi connectivity index (χ1n) is 6.26. The van der Waals surface area contributed by atoms with E-state index in [-0.39, 0.29) is 6.54 Å². The molecule has 2 atom stereocenters. The standard InChI is InChI=1S/C13H23NO5/c1-12(2,3)19-11(17)14-7-8(15)13(4,5)9(14)10(16)18-6/h8-9,15H,7H2,1-6H3/t8?,9-/m1/s1. The summed E-state index contributed by atoms with van der Waals surface area (Å²) in [4.78, 5) is 25.2. The summed E-state index contributed by atoms with van der Waals surface area (Å²) in [6, 6.07) is -0.845. The van der Waals surface area contributed by atoms with E-state index in [0.29, 0.717) is 0 Å². The molecule has 1 N–H and O–H groups in total. The first kappa shape index (κ1) is 15.8. The first-order valence-corrected chi connectivity index (χ1v) is 6.26. The van der Waals surface area contributed by atoms with Gasteiger partial charge in [-0.25, -0.2) is 9.59 Å². The van der Waals surface area contributed by atoms with Crippen LogP contribution in [-0.2, 0) is 14.3 Å². The van der Waals surface area contributed by atoms with Gasteiger partial charge in [0.15, 0.2) is 0 Å². The molecule has 1 unspecified atom stereocenters. The highest BCUT2D eigenvalue weighted by molar-refractivity contribution is 5.83. The number of nitrogens with zero attached hydrogens (tertiary/aromatic N) is 1. The van der Waals surface area contributed by atoms with Crippen molar-refractivity contribution in [2.24, 2.45) is 5.41 Å². The zero-order valence-electron chi connectivity index (χ0n) is 12.4. The minimum Gasteiger partial charge on any atom is -0.467 e. The Morgan fingerprint density at radius 1 is 1.32 bits per heavy atom. The number of β-amino-alcohol motifs (C(OH)–C–C–N with tert-alkyl or cyclic N) is 1. The summed E-state index contributed by atoms with van der Waals surface area (Å²) in [5.41, 5.74) is -1.43. The van der Waals surface area contributed by atoms with Crippen molar-refractivity contribution < 1.29 is 24.2 Å². The van der Waals surface area contributed by atoms with Crippen molar-refractivity contribution in [2.45, 2.75) is 52.4 Å². The third kappa shape index (κ3) is 3.18. The molecule has 0 aromatic carbocycles. The van der Waals surface area contributed by atoms with E-state index >= 15 is 0 Å². The fraction of sp³-hybridized carbons (Fsp3) is 0.846. The summed E-state index contributed by atoms with van der Waals surface area (Å²) in [6.07, 6.45) is -1.42. The summed E-state index contributed by atoms with van der Waals surface area (Å²) >= 11 is 0. The van der Waals surface area contributed by atoms with Gasteiger partial charge in [0, 0.05) is 5.41 Å². The van der Waals surface area contributed by atoms with E-state index in [2.05, 4.69) is 0 Å². The third-order valence-corrected chi connectivity index (χ3v) is 3.30. The van der Waals surface area contributed by atoms with Crippen LogP contribution in [-0.4, -0.2) is 53.5 Å². The predicted molar refractivity (Wildman–Crippen MR) is 68.5 cm³/mol. The number of ether oxygens (including phenoxy) is 2. The van der Waals surface area contributed by atoms with Gasteiger partial charge in [0.05, 0.1) is 19.8 Å². The van der Waals surface area contributed by atoms with Crippen molar-refractivity contribution in [3.8, 4) is 0 Å². The van der Waals surface area contributed by atoms with Gasteiger partial charge in [-0.1, -0.05) is 13.8 Å². The number of amides is 1. The molecule has 110 valence electrons. The second kappa shape index (κ2) is 5.00. The molecule has 0 aromatic rings. The highest BCUT2D eigenvalue weighted by atomic mass is 16.6. The van der Waals surface area contributed by atoms with Gasteiger partial charge in [0.25, 0.3) is 0 Å². The first-order chi connectivity index (χ1) is 8.50. The third-order valence-electron chi connectivity index (χ3n) is 3.30. The normalized spacial score (nSPS) is 26.2. The summed E-state index contributed by atoms with van der Waals surface area (Å²) in [7, 11) is 1.26. The Hall–Kier alpha value is -1.30. The molecule has 19 heavy (non-hydrogen) atoms. The van der Waals surface area contributed by atoms with Crippen LogP contribution in [0.25, 0.3) is 0 Å². The van der Waals surface area contributed by atoms with Gasteiger partial charge in [-0.05, 0) is 20.8 Å². The molecule has 6 nitrogen and oxygen atoms in total. The lowest BCUT2D eigenvalue weighted by Crippen LogP contribution is -2.48. The molecule has 0 aliphatic carbocycles. The largest absolute Gasteiger partial charge is 0.467 e. The molecule has 0 spiro atoms. The average Bonchev–Trinajstić information content (AvgIpc) is 2.47. The number of aliphatic hydroxyl groups excluding tert-OH is 1. The van der Waals surface area contributed by atoms with Crippen molar-refractivity contribution in [2.75, 3.05) is 13.7 Å². The lowest BCUT2D eigenvalue weighted by Gasteiger charge is -2.31. The van der Waals surface area contributed by atoms with Crippen LogP contribution in [0.4, 0.5) is 4.79 Å². The van der Waals surface area contributed by atoms with Gasteiger partial charge in [-0.15, -0.1) is 0 Å². The number of hydrogen-bond donors (Lipinski definition) is 1. The Kier molecular flexibility index (Phi) is 4.14. The molecule has 0 bridgehead atoms. The number of aliphatic hydroxyl groups is 1. The van der Waals surface area contributed by atoms with Gasteiger partial charge >= 0.3 is 12.1 Å². The fourth-order valence-corrected chi connectivity index (χ4v) is 2.15. The Balaban J connectivity index is 2.99. The molecule has 1 amide bonds. The molecular formula is C13H23NO5. The number of carbonyl (C=O) groups excluding carboxylic acids is 2. The summed E-state index contributed by atoms with van der Waals surface area (Å²) in [5.74, 6) is -0.549. The van der Waals surface area contributed by atoms with Gasteiger partial charge in [0.2, 0.25) is 0 Å². The van der Waals surface area contributed by atoms with E-state index in [1.165, 1.54) is 12.0 Å². The molecule has 1 aliphatic heterocycles. The summed E-state index contributed by atoms with van der Waals surface area (Å²) in [5, 5.41) is 10.0. The monoisotopic (exact) mass is 273 g/mol. The second-order valence-corrected chi connectivity index (χ2v) is 6.40. The van der Waals surface area contributed by atoms with Crippen molar-refractivity contribution in [3.05, 3.63) is 0 Å². The maximum absolute atomic E-state index is 12.1. The Bertz CT molecular complexity index is 372. The van der Waals surface area contributed by atoms with E-state index < -0.39 is 35.2 Å². The number of esters is 1. The van der Waals surface area contributed by atoms with Crippen molar-refractivity contribution in [3.63, 3.8) is 0 Å². The van der Waals surface area contributed by atoms with E-state index in [1.54, 1.807) is 34.6 Å². The van der Waals surface area contributed by atoms with Gasteiger partial charge < -0.3 is 14.6 Å². The zero-order valence-corrected chi connectivity index (χ0v) is 12.4. The highest BCUT2D eigenvalue weighted by Crippen LogP contribution is 2.37. The maximum Gasteiger partial charge on any atom is 0.411 e. The molecule has 1 aliphatic rings. The molecule has 0 saturated carbocycles. The van der Waals surface area contributed by atoms with E-state index in [9.17, 15) is 14.7 Å². The summed E-state index contributed by atoms with van der Waals surface area (Å²) in [6.45, 7) is 8.75. The van der Waals surface area contributed by atoms with Crippen LogP contribution >= 0.6 is 0 Å². The lowest BCUT2D eigenvalue weighted by atomic mass is 9.82. The quantitative estimate of drug-likeness (QED) is 0.726. The van der Waals surface area contributed by atoms with Gasteiger partial charge in [-0.3, -0.25) is 4.90 Å². The van der Waals surface area contributed by atoms with E-state index in [0.717, 1.165) is 0 Å². The number of hydrogen-bond acceptors (Lipinski definition) is 5. The Labute approximate surface area is 113 Å². The molecule has 1 rings (SSSR count). The number of carbonyl (C=O) groups is 2. The topological polar surface area (TPSA) is 76.1 Å². The Morgan fingerprint density at radius 2 is 1.84 bits per heavy atom. The van der Waals surface area contributed by atoms with Crippen LogP contribution in [0, 0.1) is 5.41 Å². The average molecular weight is 273 g/mol. The van der Waals surface area contributed by atoms with Crippen molar-refractivity contribution in [1.82, 2.24) is 4.90 Å². The SMILES string of the molecule is COC(=O)[C@H]1N(C(=O)OC(C)(C)C)CC(O)C1(C)C. The number of likely N-dealkylation sites (tertiary alicyclic amines) is 1. The smallest absolute Gasteiger partial charge is 0.411 e. The van der Waals surface area contributed by atoms with Crippen LogP contribution < -0.4 is 0 Å². The molecule has 6 heteroatoms. The molecular weight excluding hydrogens is 250 g/mol. The van der Waals surface area contributed by atoms with Crippen molar-refractivity contribution in [1.29, 1.82) is 0 Å². The number of rotatable bonds is 1. The van der Waals surface area contributed by atoms with Crippen LogP contribution in [0.5, 0.6) is 0 Å².